The van der Waals surface area contributed by atoms with E-state index in [0.717, 1.165) is 5.69 Å². The molecule has 4 heterocycles. The fourth-order valence-corrected chi connectivity index (χ4v) is 5.41. The van der Waals surface area contributed by atoms with E-state index in [2.05, 4.69) is 28.4 Å². The van der Waals surface area contributed by atoms with Gasteiger partial charge >= 0.3 is 0 Å². The number of likely N-dealkylation sites (tertiary alicyclic amines) is 1. The van der Waals surface area contributed by atoms with Gasteiger partial charge in [0.1, 0.15) is 23.5 Å². The first-order chi connectivity index (χ1) is 16.9. The summed E-state index contributed by atoms with van der Waals surface area (Å²) >= 11 is 0. The van der Waals surface area contributed by atoms with Gasteiger partial charge in [-0.2, -0.15) is 0 Å². The van der Waals surface area contributed by atoms with Crippen LogP contribution in [0.5, 0.6) is 11.5 Å². The van der Waals surface area contributed by atoms with E-state index in [4.69, 9.17) is 15.2 Å². The molecule has 8 nitrogen and oxygen atoms in total. The van der Waals surface area contributed by atoms with Crippen molar-refractivity contribution in [2.75, 3.05) is 25.6 Å². The van der Waals surface area contributed by atoms with Crippen molar-refractivity contribution in [2.24, 2.45) is 17.8 Å². The summed E-state index contributed by atoms with van der Waals surface area (Å²) in [5, 5.41) is 0.647. The van der Waals surface area contributed by atoms with E-state index in [0.29, 0.717) is 58.7 Å². The number of carbonyl (C=O) groups excluding carboxylic acids is 1. The van der Waals surface area contributed by atoms with Crippen molar-refractivity contribution in [2.45, 2.75) is 19.9 Å². The lowest BCUT2D eigenvalue weighted by molar-refractivity contribution is -0.125. The van der Waals surface area contributed by atoms with Crippen LogP contribution in [0, 0.1) is 35.4 Å². The number of carbonyl (C=O) groups is 1. The van der Waals surface area contributed by atoms with Crippen molar-refractivity contribution >= 4 is 22.8 Å². The minimum atomic E-state index is -0.491. The van der Waals surface area contributed by atoms with E-state index < -0.39 is 5.82 Å². The number of anilines is 1. The molecule has 2 N–H and O–H groups in total. The SMILES string of the molecule is C=CC(=O)N1C[C@@H]2C(C#Cc3c(-c4ccc(F)c5c4OCO5)c4c(N)ncnc4n3C(C)C)[C@@H]2C1. The van der Waals surface area contributed by atoms with Crippen molar-refractivity contribution in [3.63, 3.8) is 0 Å². The number of rotatable bonds is 3. The fraction of sp³-hybridized carbons (Fsp3) is 0.346. The van der Waals surface area contributed by atoms with Crippen molar-refractivity contribution < 1.29 is 18.7 Å². The lowest BCUT2D eigenvalue weighted by Crippen LogP contribution is -2.29. The van der Waals surface area contributed by atoms with Crippen molar-refractivity contribution in [3.8, 4) is 34.5 Å². The van der Waals surface area contributed by atoms with Gasteiger partial charge in [0.15, 0.2) is 11.6 Å². The number of nitrogen functional groups attached to an aromatic ring is 1. The predicted octanol–water partition coefficient (Wildman–Crippen LogP) is 3.37. The Bertz CT molecular complexity index is 1460. The highest BCUT2D eigenvalue weighted by atomic mass is 19.1. The number of halogens is 1. The van der Waals surface area contributed by atoms with Gasteiger partial charge in [-0.25, -0.2) is 14.4 Å². The summed E-state index contributed by atoms with van der Waals surface area (Å²) in [5.41, 5.74) is 9.06. The van der Waals surface area contributed by atoms with Crippen LogP contribution in [0.15, 0.2) is 31.1 Å². The Hall–Kier alpha value is -4.06. The average molecular weight is 474 g/mol. The molecule has 0 bridgehead atoms. The summed E-state index contributed by atoms with van der Waals surface area (Å²) in [6.45, 7) is 9.00. The number of hydrogen-bond acceptors (Lipinski definition) is 6. The summed E-state index contributed by atoms with van der Waals surface area (Å²) in [6.07, 6.45) is 2.79. The first-order valence-electron chi connectivity index (χ1n) is 11.6. The molecule has 1 aromatic carbocycles. The lowest BCUT2D eigenvalue weighted by Gasteiger charge is -2.16. The van der Waals surface area contributed by atoms with Crippen LogP contribution in [-0.2, 0) is 4.79 Å². The molecule has 3 atom stereocenters. The molecule has 2 fully saturated rings. The Kier molecular flexibility index (Phi) is 4.74. The molecule has 0 radical (unpaired) electrons. The third-order valence-corrected chi connectivity index (χ3v) is 7.11. The van der Waals surface area contributed by atoms with Crippen LogP contribution in [0.4, 0.5) is 10.2 Å². The van der Waals surface area contributed by atoms with Gasteiger partial charge in [0, 0.05) is 36.2 Å². The van der Waals surface area contributed by atoms with E-state index in [9.17, 15) is 9.18 Å². The molecular weight excluding hydrogens is 449 g/mol. The van der Waals surface area contributed by atoms with Gasteiger partial charge in [0.25, 0.3) is 0 Å². The van der Waals surface area contributed by atoms with Crippen LogP contribution in [0.2, 0.25) is 0 Å². The highest BCUT2D eigenvalue weighted by Crippen LogP contribution is 2.52. The minimum Gasteiger partial charge on any atom is -0.453 e. The zero-order valence-electron chi connectivity index (χ0n) is 19.4. The topological polar surface area (TPSA) is 95.5 Å². The summed E-state index contributed by atoms with van der Waals surface area (Å²) in [5.74, 6) is 7.97. The van der Waals surface area contributed by atoms with Crippen LogP contribution in [-0.4, -0.2) is 45.2 Å². The maximum absolute atomic E-state index is 14.4. The third-order valence-electron chi connectivity index (χ3n) is 7.11. The van der Waals surface area contributed by atoms with E-state index in [1.165, 1.54) is 18.5 Å². The Morgan fingerprint density at radius 1 is 1.26 bits per heavy atom. The van der Waals surface area contributed by atoms with Gasteiger partial charge in [-0.1, -0.05) is 12.5 Å². The van der Waals surface area contributed by atoms with Gasteiger partial charge < -0.3 is 24.7 Å². The monoisotopic (exact) mass is 473 g/mol. The Labute approximate surface area is 201 Å². The maximum Gasteiger partial charge on any atom is 0.245 e. The predicted molar refractivity (Wildman–Crippen MR) is 128 cm³/mol. The van der Waals surface area contributed by atoms with Crippen LogP contribution in [0.3, 0.4) is 0 Å². The number of fused-ring (bicyclic) bond motifs is 3. The molecule has 9 heteroatoms. The maximum atomic E-state index is 14.4. The highest BCUT2D eigenvalue weighted by molar-refractivity contribution is 6.05. The first kappa shape index (κ1) is 21.5. The van der Waals surface area contributed by atoms with Crippen molar-refractivity contribution in [3.05, 3.63) is 42.6 Å². The standard InChI is InChI=1S/C26H24FN5O3/c1-4-20(33)31-9-16-14(17(16)10-31)6-8-19-21(15-5-7-18(27)24-23(15)34-12-35-24)22-25(28)29-11-30-26(22)32(19)13(2)3/h4-5,7,11,13-14,16-17H,1,9-10,12H2,2-3H3,(H2,28,29,30)/t14?,16-,17+. The van der Waals surface area contributed by atoms with E-state index in [-0.39, 0.29) is 30.4 Å². The quantitative estimate of drug-likeness (QED) is 0.463. The molecule has 35 heavy (non-hydrogen) atoms. The van der Waals surface area contributed by atoms with Gasteiger partial charge in [0.05, 0.1) is 5.39 Å². The molecule has 1 unspecified atom stereocenters. The van der Waals surface area contributed by atoms with Gasteiger partial charge in [-0.15, -0.1) is 0 Å². The lowest BCUT2D eigenvalue weighted by atomic mass is 10.0. The summed E-state index contributed by atoms with van der Waals surface area (Å²) in [7, 11) is 0. The number of nitrogens with two attached hydrogens (primary N) is 1. The van der Waals surface area contributed by atoms with E-state index in [1.54, 1.807) is 6.07 Å². The number of amides is 1. The number of ether oxygens (including phenoxy) is 2. The second kappa shape index (κ2) is 7.73. The minimum absolute atomic E-state index is 0.0231. The second-order valence-corrected chi connectivity index (χ2v) is 9.37. The molecular formula is C26H24FN5O3. The summed E-state index contributed by atoms with van der Waals surface area (Å²) < 4.78 is 27.5. The van der Waals surface area contributed by atoms with Gasteiger partial charge in [0.2, 0.25) is 18.4 Å². The molecule has 1 saturated heterocycles. The van der Waals surface area contributed by atoms with Crippen LogP contribution < -0.4 is 15.2 Å². The molecule has 3 aromatic rings. The zero-order chi connectivity index (χ0) is 24.4. The molecule has 6 rings (SSSR count). The third kappa shape index (κ3) is 3.16. The summed E-state index contributed by atoms with van der Waals surface area (Å²) in [4.78, 5) is 22.5. The number of nitrogens with zero attached hydrogens (tertiary/aromatic N) is 4. The molecule has 0 spiro atoms. The van der Waals surface area contributed by atoms with Crippen LogP contribution in [0.25, 0.3) is 22.2 Å². The second-order valence-electron chi connectivity index (χ2n) is 9.37. The normalized spacial score (nSPS) is 21.7. The molecule has 3 aliphatic rings. The van der Waals surface area contributed by atoms with E-state index in [1.807, 2.05) is 23.3 Å². The molecule has 2 aliphatic heterocycles. The first-order valence-corrected chi connectivity index (χ1v) is 11.6. The van der Waals surface area contributed by atoms with Crippen LogP contribution in [0.1, 0.15) is 25.6 Å². The van der Waals surface area contributed by atoms with Crippen molar-refractivity contribution in [1.82, 2.24) is 19.4 Å². The van der Waals surface area contributed by atoms with Gasteiger partial charge in [-0.05, 0) is 49.8 Å². The Morgan fingerprint density at radius 3 is 2.71 bits per heavy atom. The Balaban J connectivity index is 1.50. The van der Waals surface area contributed by atoms with Crippen molar-refractivity contribution in [1.29, 1.82) is 0 Å². The van der Waals surface area contributed by atoms with Crippen LogP contribution >= 0.6 is 0 Å². The molecule has 1 aliphatic carbocycles. The number of hydrogen-bond donors (Lipinski definition) is 1. The molecule has 1 saturated carbocycles. The summed E-state index contributed by atoms with van der Waals surface area (Å²) in [6, 6.07) is 3.04. The number of benzene rings is 1. The molecule has 1 amide bonds. The molecule has 178 valence electrons. The number of piperidine rings is 1. The zero-order valence-corrected chi connectivity index (χ0v) is 19.4. The molecule has 2 aromatic heterocycles. The Morgan fingerprint density at radius 2 is 2.00 bits per heavy atom. The smallest absolute Gasteiger partial charge is 0.245 e. The highest BCUT2D eigenvalue weighted by Gasteiger charge is 2.55. The number of aromatic nitrogens is 3. The average Bonchev–Trinajstić information content (AvgIpc) is 3.28. The van der Waals surface area contributed by atoms with Gasteiger partial charge in [-0.3, -0.25) is 4.79 Å². The largest absolute Gasteiger partial charge is 0.453 e. The van der Waals surface area contributed by atoms with E-state index >= 15 is 0 Å². The fourth-order valence-electron chi connectivity index (χ4n) is 5.41.